The number of rotatable bonds is 3. The van der Waals surface area contributed by atoms with E-state index in [-0.39, 0.29) is 12.0 Å². The maximum Gasteiger partial charge on any atom is 0.322 e. The Morgan fingerprint density at radius 3 is 3.13 bits per heavy atom. The summed E-state index contributed by atoms with van der Waals surface area (Å²) in [5.41, 5.74) is 0. The zero-order chi connectivity index (χ0) is 10.7. The van der Waals surface area contributed by atoms with Gasteiger partial charge in [0.25, 0.3) is 0 Å². The average molecular weight is 213 g/mol. The summed E-state index contributed by atoms with van der Waals surface area (Å²) in [6.45, 7) is 1.82. The van der Waals surface area contributed by atoms with Crippen molar-refractivity contribution < 1.29 is 14.3 Å². The summed E-state index contributed by atoms with van der Waals surface area (Å²) >= 11 is 0. The Kier molecular flexibility index (Phi) is 3.59. The van der Waals surface area contributed by atoms with Gasteiger partial charge in [0.15, 0.2) is 0 Å². The highest BCUT2D eigenvalue weighted by Crippen LogP contribution is 2.25. The van der Waals surface area contributed by atoms with Gasteiger partial charge < -0.3 is 14.8 Å². The van der Waals surface area contributed by atoms with Crippen LogP contribution >= 0.6 is 0 Å². The third-order valence-corrected chi connectivity index (χ3v) is 3.33. The molecule has 0 bridgehead atoms. The predicted molar refractivity (Wildman–Crippen MR) is 55.5 cm³/mol. The lowest BCUT2D eigenvalue weighted by atomic mass is 9.97. The van der Waals surface area contributed by atoms with Crippen LogP contribution in [0.5, 0.6) is 0 Å². The van der Waals surface area contributed by atoms with Crippen LogP contribution in [0.4, 0.5) is 0 Å². The lowest BCUT2D eigenvalue weighted by Gasteiger charge is -2.14. The van der Waals surface area contributed by atoms with Crippen LogP contribution in [0.2, 0.25) is 0 Å². The van der Waals surface area contributed by atoms with E-state index < -0.39 is 0 Å². The molecule has 0 radical (unpaired) electrons. The first kappa shape index (κ1) is 10.9. The van der Waals surface area contributed by atoms with Crippen molar-refractivity contribution in [3.63, 3.8) is 0 Å². The molecule has 0 spiro atoms. The van der Waals surface area contributed by atoms with Crippen LogP contribution in [0.1, 0.15) is 25.7 Å². The second kappa shape index (κ2) is 4.94. The number of nitrogens with one attached hydrogen (secondary N) is 1. The van der Waals surface area contributed by atoms with Gasteiger partial charge in [0, 0.05) is 6.61 Å². The number of hydrogen-bond acceptors (Lipinski definition) is 4. The zero-order valence-electron chi connectivity index (χ0n) is 9.20. The van der Waals surface area contributed by atoms with E-state index in [2.05, 4.69) is 5.32 Å². The zero-order valence-corrected chi connectivity index (χ0v) is 9.20. The highest BCUT2D eigenvalue weighted by molar-refractivity contribution is 5.75. The molecule has 3 atom stereocenters. The molecule has 0 saturated carbocycles. The van der Waals surface area contributed by atoms with E-state index in [1.807, 2.05) is 0 Å². The van der Waals surface area contributed by atoms with Gasteiger partial charge in [-0.2, -0.15) is 0 Å². The standard InChI is InChI=1S/C11H19NO3/c1-14-11(13)10-6-8(7-12-10)5-9-3-2-4-15-9/h8-10,12H,2-7H2,1H3. The van der Waals surface area contributed by atoms with Crippen molar-refractivity contribution in [2.75, 3.05) is 20.3 Å². The molecule has 86 valence electrons. The SMILES string of the molecule is COC(=O)C1CC(CC2CCCO2)CN1. The van der Waals surface area contributed by atoms with Gasteiger partial charge in [-0.15, -0.1) is 0 Å². The molecule has 3 unspecified atom stereocenters. The molecule has 0 amide bonds. The second-order valence-electron chi connectivity index (χ2n) is 4.46. The fourth-order valence-electron chi connectivity index (χ4n) is 2.51. The Bertz CT molecular complexity index is 226. The normalized spacial score (nSPS) is 35.7. The highest BCUT2D eigenvalue weighted by Gasteiger charge is 2.32. The fourth-order valence-corrected chi connectivity index (χ4v) is 2.51. The summed E-state index contributed by atoms with van der Waals surface area (Å²) < 4.78 is 10.3. The minimum atomic E-state index is -0.134. The van der Waals surface area contributed by atoms with E-state index in [4.69, 9.17) is 9.47 Å². The Balaban J connectivity index is 1.74. The number of carbonyl (C=O) groups excluding carboxylic acids is 1. The van der Waals surface area contributed by atoms with Crippen LogP contribution in [0.3, 0.4) is 0 Å². The first-order valence-electron chi connectivity index (χ1n) is 5.72. The first-order chi connectivity index (χ1) is 7.29. The smallest absolute Gasteiger partial charge is 0.322 e. The van der Waals surface area contributed by atoms with Crippen molar-refractivity contribution in [2.45, 2.75) is 37.8 Å². The maximum atomic E-state index is 11.3. The van der Waals surface area contributed by atoms with Crippen LogP contribution in [-0.2, 0) is 14.3 Å². The van der Waals surface area contributed by atoms with E-state index in [0.717, 1.165) is 26.0 Å². The van der Waals surface area contributed by atoms with Gasteiger partial charge in [-0.1, -0.05) is 0 Å². The van der Waals surface area contributed by atoms with Gasteiger partial charge in [-0.3, -0.25) is 4.79 Å². The van der Waals surface area contributed by atoms with E-state index in [1.54, 1.807) is 0 Å². The van der Waals surface area contributed by atoms with E-state index in [0.29, 0.717) is 12.0 Å². The number of methoxy groups -OCH3 is 1. The van der Waals surface area contributed by atoms with Crippen LogP contribution in [0, 0.1) is 5.92 Å². The minimum Gasteiger partial charge on any atom is -0.468 e. The highest BCUT2D eigenvalue weighted by atomic mass is 16.5. The Labute approximate surface area is 90.3 Å². The number of hydrogen-bond donors (Lipinski definition) is 1. The van der Waals surface area contributed by atoms with Gasteiger partial charge in [0.2, 0.25) is 0 Å². The molecule has 0 aromatic heterocycles. The minimum absolute atomic E-state index is 0.0959. The molecule has 0 aromatic carbocycles. The average Bonchev–Trinajstić information content (AvgIpc) is 2.88. The topological polar surface area (TPSA) is 47.6 Å². The van der Waals surface area contributed by atoms with Gasteiger partial charge in [0.05, 0.1) is 13.2 Å². The molecule has 15 heavy (non-hydrogen) atoms. The lowest BCUT2D eigenvalue weighted by molar-refractivity contribution is -0.142. The molecule has 2 rings (SSSR count). The van der Waals surface area contributed by atoms with Crippen molar-refractivity contribution in [3.05, 3.63) is 0 Å². The quantitative estimate of drug-likeness (QED) is 0.701. The summed E-state index contributed by atoms with van der Waals surface area (Å²) in [6, 6.07) is -0.0959. The Morgan fingerprint density at radius 1 is 1.60 bits per heavy atom. The summed E-state index contributed by atoms with van der Waals surface area (Å²) in [7, 11) is 1.44. The molecule has 2 aliphatic heterocycles. The van der Waals surface area contributed by atoms with E-state index in [9.17, 15) is 4.79 Å². The fraction of sp³-hybridized carbons (Fsp3) is 0.909. The van der Waals surface area contributed by atoms with Crippen molar-refractivity contribution in [1.82, 2.24) is 5.32 Å². The van der Waals surface area contributed by atoms with Gasteiger partial charge in [-0.25, -0.2) is 0 Å². The molecule has 4 nitrogen and oxygen atoms in total. The van der Waals surface area contributed by atoms with Crippen LogP contribution < -0.4 is 5.32 Å². The van der Waals surface area contributed by atoms with Crippen LogP contribution in [0.25, 0.3) is 0 Å². The van der Waals surface area contributed by atoms with Crippen LogP contribution in [-0.4, -0.2) is 38.4 Å². The molecule has 0 aromatic rings. The largest absolute Gasteiger partial charge is 0.468 e. The monoisotopic (exact) mass is 213 g/mol. The molecular weight excluding hydrogens is 194 g/mol. The first-order valence-corrected chi connectivity index (χ1v) is 5.72. The van der Waals surface area contributed by atoms with Gasteiger partial charge >= 0.3 is 5.97 Å². The summed E-state index contributed by atoms with van der Waals surface area (Å²) in [5, 5.41) is 3.20. The summed E-state index contributed by atoms with van der Waals surface area (Å²) in [5.74, 6) is 0.432. The third kappa shape index (κ3) is 2.69. The number of ether oxygens (including phenoxy) is 2. The summed E-state index contributed by atoms with van der Waals surface area (Å²) in [6.07, 6.45) is 4.77. The lowest BCUT2D eigenvalue weighted by Crippen LogP contribution is -2.31. The van der Waals surface area contributed by atoms with E-state index in [1.165, 1.54) is 20.0 Å². The molecular formula is C11H19NO3. The van der Waals surface area contributed by atoms with Crippen molar-refractivity contribution in [2.24, 2.45) is 5.92 Å². The molecule has 1 N–H and O–H groups in total. The molecule has 2 fully saturated rings. The second-order valence-corrected chi connectivity index (χ2v) is 4.46. The molecule has 4 heteroatoms. The summed E-state index contributed by atoms with van der Waals surface area (Å²) in [4.78, 5) is 11.3. The Morgan fingerprint density at radius 2 is 2.47 bits per heavy atom. The van der Waals surface area contributed by atoms with E-state index >= 15 is 0 Å². The number of esters is 1. The molecule has 2 aliphatic rings. The van der Waals surface area contributed by atoms with Crippen molar-refractivity contribution >= 4 is 5.97 Å². The molecule has 2 saturated heterocycles. The van der Waals surface area contributed by atoms with Crippen LogP contribution in [0.15, 0.2) is 0 Å². The van der Waals surface area contributed by atoms with Gasteiger partial charge in [-0.05, 0) is 38.1 Å². The van der Waals surface area contributed by atoms with Gasteiger partial charge in [0.1, 0.15) is 6.04 Å². The number of carbonyl (C=O) groups is 1. The predicted octanol–water partition coefficient (Wildman–Crippen LogP) is 0.707. The maximum absolute atomic E-state index is 11.3. The Hall–Kier alpha value is -0.610. The van der Waals surface area contributed by atoms with Crippen molar-refractivity contribution in [3.8, 4) is 0 Å². The molecule has 2 heterocycles. The third-order valence-electron chi connectivity index (χ3n) is 3.33. The molecule has 0 aliphatic carbocycles. The van der Waals surface area contributed by atoms with Crippen molar-refractivity contribution in [1.29, 1.82) is 0 Å².